The van der Waals surface area contributed by atoms with Crippen molar-refractivity contribution in [3.8, 4) is 0 Å². The fourth-order valence-corrected chi connectivity index (χ4v) is 1.07. The van der Waals surface area contributed by atoms with E-state index in [1.54, 1.807) is 0 Å². The quantitative estimate of drug-likeness (QED) is 0.371. The van der Waals surface area contributed by atoms with Crippen LogP contribution in [-0.2, 0) is 0 Å². The van der Waals surface area contributed by atoms with Crippen molar-refractivity contribution in [1.29, 1.82) is 0 Å². The largest absolute Gasteiger partial charge is 0.127 e. The highest BCUT2D eigenvalue weighted by molar-refractivity contribution is 9.11. The van der Waals surface area contributed by atoms with Gasteiger partial charge in [0, 0.05) is 5.88 Å². The van der Waals surface area contributed by atoms with E-state index >= 15 is 0 Å². The van der Waals surface area contributed by atoms with Crippen LogP contribution in [0.15, 0.2) is 35.4 Å². The minimum atomic E-state index is 0.774. The summed E-state index contributed by atoms with van der Waals surface area (Å²) < 4.78 is 0. The smallest absolute Gasteiger partial charge is 0.0223 e. The van der Waals surface area contributed by atoms with Gasteiger partial charge in [0.05, 0.1) is 0 Å². The summed E-state index contributed by atoms with van der Waals surface area (Å²) in [6, 6.07) is 0. The first-order chi connectivity index (χ1) is 5.91. The van der Waals surface area contributed by atoms with Crippen LogP contribution in [0.25, 0.3) is 0 Å². The first-order valence-electron chi connectivity index (χ1n) is 4.06. The number of alkyl halides is 1. The van der Waals surface area contributed by atoms with Gasteiger partial charge in [0.2, 0.25) is 0 Å². The molecule has 12 heavy (non-hydrogen) atoms. The number of hydrogen-bond donors (Lipinski definition) is 0. The first-order valence-corrected chi connectivity index (χ1v) is 5.51. The SMILES string of the molecule is ClCCCC/C=C/C=C/C=C\Br. The molecule has 0 aliphatic rings. The van der Waals surface area contributed by atoms with Crippen LogP contribution in [0.1, 0.15) is 19.3 Å². The molecule has 0 atom stereocenters. The normalized spacial score (nSPS) is 12.5. The molecular formula is C10H14BrCl. The average Bonchev–Trinajstić information content (AvgIpc) is 2.10. The van der Waals surface area contributed by atoms with Gasteiger partial charge in [0.25, 0.3) is 0 Å². The maximum absolute atomic E-state index is 5.53. The Morgan fingerprint density at radius 3 is 2.42 bits per heavy atom. The highest BCUT2D eigenvalue weighted by atomic mass is 79.9. The molecule has 0 amide bonds. The molecule has 2 heteroatoms. The van der Waals surface area contributed by atoms with Crippen LogP contribution >= 0.6 is 27.5 Å². The molecule has 0 heterocycles. The van der Waals surface area contributed by atoms with Gasteiger partial charge in [-0.25, -0.2) is 0 Å². The summed E-state index contributed by atoms with van der Waals surface area (Å²) in [7, 11) is 0. The Morgan fingerprint density at radius 1 is 1.00 bits per heavy atom. The second-order valence-corrected chi connectivity index (χ2v) is 3.22. The molecule has 0 spiro atoms. The lowest BCUT2D eigenvalue weighted by Crippen LogP contribution is -1.73. The molecule has 0 unspecified atom stereocenters. The Balaban J connectivity index is 3.24. The summed E-state index contributed by atoms with van der Waals surface area (Å²) in [5.41, 5.74) is 0. The molecule has 0 nitrogen and oxygen atoms in total. The van der Waals surface area contributed by atoms with Crippen LogP contribution in [0.3, 0.4) is 0 Å². The maximum atomic E-state index is 5.53. The molecule has 0 aliphatic carbocycles. The Bertz CT molecular complexity index is 159. The van der Waals surface area contributed by atoms with E-state index in [4.69, 9.17) is 11.6 Å². The summed E-state index contributed by atoms with van der Waals surface area (Å²) in [4.78, 5) is 1.82. The van der Waals surface area contributed by atoms with Gasteiger partial charge in [0.15, 0.2) is 0 Å². The lowest BCUT2D eigenvalue weighted by atomic mass is 10.2. The van der Waals surface area contributed by atoms with Gasteiger partial charge in [-0.05, 0) is 24.2 Å². The van der Waals surface area contributed by atoms with E-state index in [0.29, 0.717) is 0 Å². The molecule has 0 rings (SSSR count). The highest BCUT2D eigenvalue weighted by Gasteiger charge is 1.80. The van der Waals surface area contributed by atoms with Gasteiger partial charge >= 0.3 is 0 Å². The van der Waals surface area contributed by atoms with E-state index in [9.17, 15) is 0 Å². The third-order valence-electron chi connectivity index (χ3n) is 1.30. The molecule has 68 valence electrons. The third kappa shape index (κ3) is 9.99. The van der Waals surface area contributed by atoms with Crippen LogP contribution in [0.2, 0.25) is 0 Å². The Hall–Kier alpha value is -0.0100. The highest BCUT2D eigenvalue weighted by Crippen LogP contribution is 1.98. The molecule has 0 aromatic heterocycles. The summed E-state index contributed by atoms with van der Waals surface area (Å²) in [5.74, 6) is 0.774. The maximum Gasteiger partial charge on any atom is 0.0223 e. The standard InChI is InChI=1S/C10H14BrCl/c11-9-7-5-3-1-2-4-6-8-10-12/h1-3,5,7,9H,4,6,8,10H2/b2-1+,5-3+,9-7-. The van der Waals surface area contributed by atoms with Crippen LogP contribution in [-0.4, -0.2) is 5.88 Å². The van der Waals surface area contributed by atoms with Crippen LogP contribution in [0.5, 0.6) is 0 Å². The molecule has 0 bridgehead atoms. The molecule has 0 fully saturated rings. The molecule has 0 N–H and O–H groups in total. The lowest BCUT2D eigenvalue weighted by Gasteiger charge is -1.88. The molecule has 0 aromatic rings. The molecule has 0 radical (unpaired) electrons. The summed E-state index contributed by atoms with van der Waals surface area (Å²) >= 11 is 8.71. The van der Waals surface area contributed by atoms with Gasteiger partial charge in [-0.2, -0.15) is 0 Å². The van der Waals surface area contributed by atoms with Crippen LogP contribution in [0.4, 0.5) is 0 Å². The van der Waals surface area contributed by atoms with E-state index < -0.39 is 0 Å². The predicted octanol–water partition coefficient (Wildman–Crippen LogP) is 4.42. The molecular weight excluding hydrogens is 235 g/mol. The second-order valence-electron chi connectivity index (χ2n) is 2.32. The van der Waals surface area contributed by atoms with Gasteiger partial charge < -0.3 is 0 Å². The number of rotatable bonds is 6. The number of halogens is 2. The molecule has 0 aliphatic heterocycles. The van der Waals surface area contributed by atoms with Gasteiger partial charge in [0.1, 0.15) is 0 Å². The molecule has 0 saturated heterocycles. The fourth-order valence-electron chi connectivity index (χ4n) is 0.702. The van der Waals surface area contributed by atoms with Crippen molar-refractivity contribution in [1.82, 2.24) is 0 Å². The van der Waals surface area contributed by atoms with Crippen molar-refractivity contribution in [3.63, 3.8) is 0 Å². The number of hydrogen-bond acceptors (Lipinski definition) is 0. The van der Waals surface area contributed by atoms with E-state index in [0.717, 1.165) is 18.7 Å². The summed E-state index contributed by atoms with van der Waals surface area (Å²) in [6.07, 6.45) is 13.6. The van der Waals surface area contributed by atoms with Crippen LogP contribution < -0.4 is 0 Å². The van der Waals surface area contributed by atoms with Crippen molar-refractivity contribution in [3.05, 3.63) is 35.4 Å². The zero-order valence-corrected chi connectivity index (χ0v) is 9.39. The Morgan fingerprint density at radius 2 is 1.75 bits per heavy atom. The van der Waals surface area contributed by atoms with Crippen LogP contribution in [0, 0.1) is 0 Å². The third-order valence-corrected chi connectivity index (χ3v) is 1.87. The van der Waals surface area contributed by atoms with E-state index in [2.05, 4.69) is 28.1 Å². The minimum Gasteiger partial charge on any atom is -0.127 e. The topological polar surface area (TPSA) is 0 Å². The van der Waals surface area contributed by atoms with Gasteiger partial charge in [-0.15, -0.1) is 11.6 Å². The summed E-state index contributed by atoms with van der Waals surface area (Å²) in [5, 5.41) is 0. The van der Waals surface area contributed by atoms with Crippen molar-refractivity contribution in [2.45, 2.75) is 19.3 Å². The van der Waals surface area contributed by atoms with Gasteiger partial charge in [-0.1, -0.05) is 46.3 Å². The van der Waals surface area contributed by atoms with Crippen molar-refractivity contribution in [2.75, 3.05) is 5.88 Å². The zero-order valence-electron chi connectivity index (χ0n) is 7.05. The van der Waals surface area contributed by atoms with Crippen molar-refractivity contribution < 1.29 is 0 Å². The fraction of sp³-hybridized carbons (Fsp3) is 0.400. The van der Waals surface area contributed by atoms with E-state index in [-0.39, 0.29) is 0 Å². The zero-order chi connectivity index (χ0) is 9.07. The number of unbranched alkanes of at least 4 members (excludes halogenated alkanes) is 2. The first kappa shape index (κ1) is 12.0. The minimum absolute atomic E-state index is 0.774. The van der Waals surface area contributed by atoms with Gasteiger partial charge in [-0.3, -0.25) is 0 Å². The van der Waals surface area contributed by atoms with Crippen molar-refractivity contribution >= 4 is 27.5 Å². The van der Waals surface area contributed by atoms with Crippen molar-refractivity contribution in [2.24, 2.45) is 0 Å². The number of allylic oxidation sites excluding steroid dienone is 5. The van der Waals surface area contributed by atoms with E-state index in [1.807, 2.05) is 23.2 Å². The second kappa shape index (κ2) is 11.0. The molecule has 0 saturated carbocycles. The lowest BCUT2D eigenvalue weighted by molar-refractivity contribution is 0.820. The monoisotopic (exact) mass is 248 g/mol. The predicted molar refractivity (Wildman–Crippen MR) is 60.9 cm³/mol. The summed E-state index contributed by atoms with van der Waals surface area (Å²) in [6.45, 7) is 0. The van der Waals surface area contributed by atoms with E-state index in [1.165, 1.54) is 6.42 Å². The Labute approximate surface area is 88.1 Å². The molecule has 0 aromatic carbocycles. The Kier molecular flexibility index (Phi) is 11.0. The average molecular weight is 250 g/mol.